The van der Waals surface area contributed by atoms with Crippen LogP contribution in [0.1, 0.15) is 17.7 Å². The van der Waals surface area contributed by atoms with Crippen molar-refractivity contribution >= 4 is 45.2 Å². The van der Waals surface area contributed by atoms with Gasteiger partial charge in [0, 0.05) is 29.0 Å². The minimum Gasteiger partial charge on any atom is -0.361 e. The Bertz CT molecular complexity index is 1060. The minimum atomic E-state index is -0.850. The minimum absolute atomic E-state index is 0.118. The molecular formula is C19H19N5O3S. The van der Waals surface area contributed by atoms with E-state index < -0.39 is 12.1 Å². The maximum absolute atomic E-state index is 12.6. The number of carbonyl (C=O) groups is 3. The number of aromatic nitrogens is 2. The highest BCUT2D eigenvalue weighted by Gasteiger charge is 2.38. The molecule has 4 rings (SSSR count). The molecule has 0 aliphatic carbocycles. The lowest BCUT2D eigenvalue weighted by Crippen LogP contribution is -2.34. The molecule has 1 aliphatic rings. The second kappa shape index (κ2) is 7.43. The highest BCUT2D eigenvalue weighted by atomic mass is 32.1. The van der Waals surface area contributed by atoms with Crippen LogP contribution >= 0.6 is 11.3 Å². The number of amides is 4. The van der Waals surface area contributed by atoms with Crippen molar-refractivity contribution in [3.8, 4) is 0 Å². The lowest BCUT2D eigenvalue weighted by molar-refractivity contribution is -0.129. The number of anilines is 1. The summed E-state index contributed by atoms with van der Waals surface area (Å²) in [6.07, 6.45) is 2.32. The number of nitrogens with zero attached hydrogens (tertiary/aromatic N) is 2. The third-order valence-electron chi connectivity index (χ3n) is 4.64. The van der Waals surface area contributed by atoms with E-state index in [0.29, 0.717) is 11.6 Å². The number of nitrogens with one attached hydrogen (secondary N) is 3. The number of para-hydroxylation sites is 1. The number of aromatic amines is 1. The van der Waals surface area contributed by atoms with E-state index in [9.17, 15) is 14.4 Å². The fourth-order valence-electron chi connectivity index (χ4n) is 3.26. The molecule has 144 valence electrons. The monoisotopic (exact) mass is 397 g/mol. The van der Waals surface area contributed by atoms with Crippen LogP contribution in [0.3, 0.4) is 0 Å². The number of rotatable bonds is 6. The first-order valence-corrected chi connectivity index (χ1v) is 9.78. The van der Waals surface area contributed by atoms with Crippen LogP contribution in [0.5, 0.6) is 0 Å². The van der Waals surface area contributed by atoms with Crippen LogP contribution in [0.15, 0.2) is 35.8 Å². The molecule has 0 spiro atoms. The van der Waals surface area contributed by atoms with Gasteiger partial charge in [-0.25, -0.2) is 9.78 Å². The van der Waals surface area contributed by atoms with Crippen molar-refractivity contribution in [3.63, 3.8) is 0 Å². The van der Waals surface area contributed by atoms with Crippen LogP contribution in [0, 0.1) is 6.92 Å². The predicted molar refractivity (Wildman–Crippen MR) is 106 cm³/mol. The number of carbonyl (C=O) groups excluding carboxylic acids is 3. The fraction of sp³-hybridized carbons (Fsp3) is 0.263. The summed E-state index contributed by atoms with van der Waals surface area (Å²) in [5, 5.41) is 8.63. The average molecular weight is 397 g/mol. The summed E-state index contributed by atoms with van der Waals surface area (Å²) in [7, 11) is 0. The van der Waals surface area contributed by atoms with Crippen LogP contribution in [0.2, 0.25) is 0 Å². The van der Waals surface area contributed by atoms with Crippen molar-refractivity contribution in [2.45, 2.75) is 25.8 Å². The maximum Gasteiger partial charge on any atom is 0.324 e. The lowest BCUT2D eigenvalue weighted by Gasteiger charge is -2.12. The van der Waals surface area contributed by atoms with E-state index >= 15 is 0 Å². The molecule has 3 heterocycles. The molecule has 1 aromatic carbocycles. The van der Waals surface area contributed by atoms with Gasteiger partial charge in [-0.05, 0) is 25.0 Å². The quantitative estimate of drug-likeness (QED) is 0.555. The van der Waals surface area contributed by atoms with Gasteiger partial charge in [0.1, 0.15) is 6.04 Å². The van der Waals surface area contributed by atoms with Gasteiger partial charge in [-0.3, -0.25) is 14.5 Å². The Labute approximate surface area is 164 Å². The molecule has 3 aromatic rings. The molecule has 0 radical (unpaired) electrons. The molecule has 1 aliphatic heterocycles. The van der Waals surface area contributed by atoms with E-state index in [1.165, 1.54) is 16.2 Å². The van der Waals surface area contributed by atoms with E-state index in [4.69, 9.17) is 0 Å². The Balaban J connectivity index is 1.36. The zero-order chi connectivity index (χ0) is 19.7. The molecule has 28 heavy (non-hydrogen) atoms. The summed E-state index contributed by atoms with van der Waals surface area (Å²) in [6, 6.07) is 6.56. The average Bonchev–Trinajstić information content (AvgIpc) is 3.33. The zero-order valence-corrected chi connectivity index (χ0v) is 16.0. The normalized spacial score (nSPS) is 16.6. The Morgan fingerprint density at radius 3 is 2.93 bits per heavy atom. The standard InChI is InChI=1S/C19H19N5O3S/c1-11-10-28-18(21-11)23-16(25)8-15-17(26)24(19(27)22-15)7-6-12-9-20-14-5-3-2-4-13(12)14/h2-5,9-10,15,20H,6-8H2,1H3,(H,22,27)(H,21,23,25). The number of benzene rings is 1. The zero-order valence-electron chi connectivity index (χ0n) is 15.2. The number of thiazole rings is 1. The summed E-state index contributed by atoms with van der Waals surface area (Å²) in [6.45, 7) is 2.09. The Hall–Kier alpha value is -3.20. The molecular weight excluding hydrogens is 378 g/mol. The molecule has 1 saturated heterocycles. The van der Waals surface area contributed by atoms with Crippen molar-refractivity contribution in [3.05, 3.63) is 47.1 Å². The number of aryl methyl sites for hydroxylation is 1. The molecule has 4 amide bonds. The second-order valence-electron chi connectivity index (χ2n) is 6.65. The van der Waals surface area contributed by atoms with Crippen molar-refractivity contribution < 1.29 is 14.4 Å². The molecule has 2 aromatic heterocycles. The van der Waals surface area contributed by atoms with Gasteiger partial charge in [0.2, 0.25) is 5.91 Å². The number of hydrogen-bond donors (Lipinski definition) is 3. The molecule has 0 bridgehead atoms. The van der Waals surface area contributed by atoms with Gasteiger partial charge in [0.25, 0.3) is 5.91 Å². The summed E-state index contributed by atoms with van der Waals surface area (Å²) in [5.41, 5.74) is 2.87. The summed E-state index contributed by atoms with van der Waals surface area (Å²) in [5.74, 6) is -0.734. The van der Waals surface area contributed by atoms with Crippen molar-refractivity contribution in [2.75, 3.05) is 11.9 Å². The van der Waals surface area contributed by atoms with E-state index in [1.54, 1.807) is 0 Å². The fourth-order valence-corrected chi connectivity index (χ4v) is 3.97. The topological polar surface area (TPSA) is 107 Å². The summed E-state index contributed by atoms with van der Waals surface area (Å²) in [4.78, 5) is 45.5. The SMILES string of the molecule is Cc1csc(NC(=O)CC2NC(=O)N(CCc3c[nH]c4ccccc34)C2=O)n1. The van der Waals surface area contributed by atoms with Gasteiger partial charge in [-0.2, -0.15) is 0 Å². The van der Waals surface area contributed by atoms with Gasteiger partial charge < -0.3 is 15.6 Å². The first kappa shape index (κ1) is 18.2. The van der Waals surface area contributed by atoms with Crippen LogP contribution in [-0.4, -0.2) is 45.3 Å². The lowest BCUT2D eigenvalue weighted by atomic mass is 10.1. The number of urea groups is 1. The van der Waals surface area contributed by atoms with Crippen molar-refractivity contribution in [1.29, 1.82) is 0 Å². The first-order chi connectivity index (χ1) is 13.5. The molecule has 8 nitrogen and oxygen atoms in total. The Morgan fingerprint density at radius 2 is 2.14 bits per heavy atom. The summed E-state index contributed by atoms with van der Waals surface area (Å²) < 4.78 is 0. The van der Waals surface area contributed by atoms with Gasteiger partial charge in [-0.15, -0.1) is 11.3 Å². The van der Waals surface area contributed by atoms with Crippen LogP contribution < -0.4 is 10.6 Å². The van der Waals surface area contributed by atoms with Crippen molar-refractivity contribution in [2.24, 2.45) is 0 Å². The molecule has 0 saturated carbocycles. The Kier molecular flexibility index (Phi) is 4.82. The van der Waals surface area contributed by atoms with Gasteiger partial charge >= 0.3 is 6.03 Å². The maximum atomic E-state index is 12.6. The van der Waals surface area contributed by atoms with E-state index in [-0.39, 0.29) is 24.8 Å². The smallest absolute Gasteiger partial charge is 0.324 e. The van der Waals surface area contributed by atoms with Crippen LogP contribution in [-0.2, 0) is 16.0 Å². The number of H-pyrrole nitrogens is 1. The highest BCUT2D eigenvalue weighted by Crippen LogP contribution is 2.20. The van der Waals surface area contributed by atoms with Crippen molar-refractivity contribution in [1.82, 2.24) is 20.2 Å². The third kappa shape index (κ3) is 3.61. The van der Waals surface area contributed by atoms with E-state index in [2.05, 4.69) is 20.6 Å². The molecule has 1 fully saturated rings. The molecule has 1 unspecified atom stereocenters. The predicted octanol–water partition coefficient (Wildman–Crippen LogP) is 2.42. The number of fused-ring (bicyclic) bond motifs is 1. The molecule has 3 N–H and O–H groups in total. The van der Waals surface area contributed by atoms with Gasteiger partial charge in [0.15, 0.2) is 5.13 Å². The van der Waals surface area contributed by atoms with Crippen LogP contribution in [0.4, 0.5) is 9.93 Å². The highest BCUT2D eigenvalue weighted by molar-refractivity contribution is 7.13. The second-order valence-corrected chi connectivity index (χ2v) is 7.51. The Morgan fingerprint density at radius 1 is 1.32 bits per heavy atom. The molecule has 9 heteroatoms. The number of hydrogen-bond acceptors (Lipinski definition) is 5. The third-order valence-corrected chi connectivity index (χ3v) is 5.52. The van der Waals surface area contributed by atoms with E-state index in [1.807, 2.05) is 42.8 Å². The molecule has 1 atom stereocenters. The van der Waals surface area contributed by atoms with E-state index in [0.717, 1.165) is 22.2 Å². The summed E-state index contributed by atoms with van der Waals surface area (Å²) >= 11 is 1.32. The van der Waals surface area contributed by atoms with Crippen LogP contribution in [0.25, 0.3) is 10.9 Å². The van der Waals surface area contributed by atoms with Gasteiger partial charge in [0.05, 0.1) is 12.1 Å². The van der Waals surface area contributed by atoms with Gasteiger partial charge in [-0.1, -0.05) is 18.2 Å². The first-order valence-electron chi connectivity index (χ1n) is 8.90. The number of imide groups is 1. The largest absolute Gasteiger partial charge is 0.361 e.